The Morgan fingerprint density at radius 1 is 1.31 bits per heavy atom. The van der Waals surface area contributed by atoms with E-state index in [4.69, 9.17) is 4.42 Å². The molecule has 0 bridgehead atoms. The van der Waals surface area contributed by atoms with Gasteiger partial charge in [0.15, 0.2) is 11.5 Å². The van der Waals surface area contributed by atoms with Gasteiger partial charge in [-0.25, -0.2) is 4.98 Å². The van der Waals surface area contributed by atoms with Crippen LogP contribution in [0.1, 0.15) is 74.5 Å². The molecule has 0 radical (unpaired) electrons. The van der Waals surface area contributed by atoms with Gasteiger partial charge in [-0.3, -0.25) is 4.79 Å². The van der Waals surface area contributed by atoms with Gasteiger partial charge in [-0.1, -0.05) is 33.1 Å². The molecule has 26 heavy (non-hydrogen) atoms. The number of amides is 1. The lowest BCUT2D eigenvalue weighted by Crippen LogP contribution is -2.35. The van der Waals surface area contributed by atoms with E-state index in [0.29, 0.717) is 23.6 Å². The number of rotatable bonds is 7. The van der Waals surface area contributed by atoms with E-state index in [1.54, 1.807) is 6.07 Å². The number of oxazole rings is 1. The topological polar surface area (TPSA) is 58.4 Å². The second kappa shape index (κ2) is 8.67. The fraction of sp³-hybridized carbons (Fsp3) is 0.619. The highest BCUT2D eigenvalue weighted by Gasteiger charge is 2.17. The molecule has 0 unspecified atom stereocenters. The second-order valence-electron chi connectivity index (χ2n) is 7.77. The van der Waals surface area contributed by atoms with Crippen molar-refractivity contribution in [2.45, 2.75) is 64.3 Å². The summed E-state index contributed by atoms with van der Waals surface area (Å²) in [7, 11) is 2.21. The molecule has 1 N–H and O–H groups in total. The van der Waals surface area contributed by atoms with Gasteiger partial charge >= 0.3 is 0 Å². The Balaban J connectivity index is 1.47. The molecule has 1 aliphatic rings. The number of hydrogen-bond donors (Lipinski definition) is 1. The van der Waals surface area contributed by atoms with E-state index in [0.717, 1.165) is 24.5 Å². The summed E-state index contributed by atoms with van der Waals surface area (Å²) in [5.74, 6) is 0.902. The molecule has 3 rings (SSSR count). The van der Waals surface area contributed by atoms with Crippen molar-refractivity contribution in [1.82, 2.24) is 15.2 Å². The summed E-state index contributed by atoms with van der Waals surface area (Å²) >= 11 is 0. The monoisotopic (exact) mass is 357 g/mol. The number of nitrogens with zero attached hydrogens (tertiary/aromatic N) is 2. The number of hydrogen-bond acceptors (Lipinski definition) is 4. The quantitative estimate of drug-likeness (QED) is 0.749. The van der Waals surface area contributed by atoms with Crippen molar-refractivity contribution in [3.63, 3.8) is 0 Å². The Hall–Kier alpha value is -1.88. The van der Waals surface area contributed by atoms with Crippen molar-refractivity contribution in [3.05, 3.63) is 29.7 Å². The lowest BCUT2D eigenvalue weighted by atomic mass is 9.94. The van der Waals surface area contributed by atoms with Crippen LogP contribution in [-0.4, -0.2) is 42.0 Å². The summed E-state index contributed by atoms with van der Waals surface area (Å²) in [5.41, 5.74) is 2.11. The third-order valence-corrected chi connectivity index (χ3v) is 5.33. The molecule has 0 atom stereocenters. The van der Waals surface area contributed by atoms with Crippen LogP contribution in [0.15, 0.2) is 22.6 Å². The third-order valence-electron chi connectivity index (χ3n) is 5.33. The van der Waals surface area contributed by atoms with Gasteiger partial charge in [0.05, 0.1) is 0 Å². The predicted molar refractivity (Wildman–Crippen MR) is 105 cm³/mol. The largest absolute Gasteiger partial charge is 0.440 e. The van der Waals surface area contributed by atoms with Gasteiger partial charge in [0.1, 0.15) is 5.52 Å². The first-order valence-corrected chi connectivity index (χ1v) is 9.93. The van der Waals surface area contributed by atoms with Crippen molar-refractivity contribution in [1.29, 1.82) is 0 Å². The van der Waals surface area contributed by atoms with E-state index in [1.807, 2.05) is 26.0 Å². The average Bonchev–Trinajstić information content (AvgIpc) is 3.09. The Labute approximate surface area is 156 Å². The molecule has 1 fully saturated rings. The van der Waals surface area contributed by atoms with Gasteiger partial charge < -0.3 is 14.6 Å². The maximum absolute atomic E-state index is 12.4. The molecule has 1 aromatic carbocycles. The number of fused-ring (bicyclic) bond motifs is 1. The molecule has 0 spiro atoms. The number of carbonyl (C=O) groups is 1. The van der Waals surface area contributed by atoms with Crippen LogP contribution in [-0.2, 0) is 0 Å². The highest BCUT2D eigenvalue weighted by Crippen LogP contribution is 2.22. The molecule has 0 aliphatic heterocycles. The predicted octanol–water partition coefficient (Wildman–Crippen LogP) is 4.34. The van der Waals surface area contributed by atoms with Crippen molar-refractivity contribution in [3.8, 4) is 0 Å². The van der Waals surface area contributed by atoms with Gasteiger partial charge in [0.2, 0.25) is 0 Å². The maximum Gasteiger partial charge on any atom is 0.251 e. The highest BCUT2D eigenvalue weighted by atomic mass is 16.3. The number of aromatic nitrogens is 1. The molecule has 1 amide bonds. The number of carbonyl (C=O) groups excluding carboxylic acids is 1. The smallest absolute Gasteiger partial charge is 0.251 e. The first-order valence-electron chi connectivity index (χ1n) is 9.93. The molecule has 5 heteroatoms. The standard InChI is InChI=1S/C21H31N3O2/c1-15(2)21-23-18-11-10-16(14-19(18)26-21)20(25)22-12-7-13-24(3)17-8-5-4-6-9-17/h10-11,14-15,17H,4-9,12-13H2,1-3H3,(H,22,25). The van der Waals surface area contributed by atoms with Crippen molar-refractivity contribution in [2.75, 3.05) is 20.1 Å². The summed E-state index contributed by atoms with van der Waals surface area (Å²) in [4.78, 5) is 19.3. The van der Waals surface area contributed by atoms with E-state index < -0.39 is 0 Å². The first kappa shape index (κ1) is 18.9. The minimum atomic E-state index is -0.0466. The van der Waals surface area contributed by atoms with Crippen LogP contribution in [0.5, 0.6) is 0 Å². The van der Waals surface area contributed by atoms with Crippen molar-refractivity contribution >= 4 is 17.0 Å². The Morgan fingerprint density at radius 2 is 2.08 bits per heavy atom. The Kier molecular flexibility index (Phi) is 6.30. The maximum atomic E-state index is 12.4. The summed E-state index contributed by atoms with van der Waals surface area (Å²) < 4.78 is 5.75. The van der Waals surface area contributed by atoms with Gasteiger partial charge in [-0.2, -0.15) is 0 Å². The molecule has 1 aliphatic carbocycles. The molecule has 0 saturated heterocycles. The van der Waals surface area contributed by atoms with Gasteiger partial charge in [0.25, 0.3) is 5.91 Å². The number of benzene rings is 1. The fourth-order valence-corrected chi connectivity index (χ4v) is 3.67. The minimum absolute atomic E-state index is 0.0466. The summed E-state index contributed by atoms with van der Waals surface area (Å²) in [5, 5.41) is 3.02. The Bertz CT molecular complexity index is 732. The highest BCUT2D eigenvalue weighted by molar-refractivity contribution is 5.97. The lowest BCUT2D eigenvalue weighted by molar-refractivity contribution is 0.0950. The third kappa shape index (κ3) is 4.64. The van der Waals surface area contributed by atoms with E-state index in [1.165, 1.54) is 32.1 Å². The van der Waals surface area contributed by atoms with Crippen LogP contribution >= 0.6 is 0 Å². The van der Waals surface area contributed by atoms with Gasteiger partial charge in [-0.05, 0) is 51.1 Å². The average molecular weight is 357 g/mol. The lowest BCUT2D eigenvalue weighted by Gasteiger charge is -2.31. The van der Waals surface area contributed by atoms with Crippen LogP contribution in [0.4, 0.5) is 0 Å². The molecule has 5 nitrogen and oxygen atoms in total. The molecule has 2 aromatic rings. The Morgan fingerprint density at radius 3 is 2.81 bits per heavy atom. The second-order valence-corrected chi connectivity index (χ2v) is 7.77. The zero-order valence-corrected chi connectivity index (χ0v) is 16.3. The summed E-state index contributed by atoms with van der Waals surface area (Å²) in [6.45, 7) is 5.82. The van der Waals surface area contributed by atoms with E-state index in [9.17, 15) is 4.79 Å². The first-order chi connectivity index (χ1) is 12.5. The molecule has 142 valence electrons. The molecular formula is C21H31N3O2. The fourth-order valence-electron chi connectivity index (χ4n) is 3.67. The van der Waals surface area contributed by atoms with E-state index in [-0.39, 0.29) is 11.8 Å². The van der Waals surface area contributed by atoms with E-state index in [2.05, 4.69) is 22.2 Å². The van der Waals surface area contributed by atoms with Crippen molar-refractivity contribution < 1.29 is 9.21 Å². The summed E-state index contributed by atoms with van der Waals surface area (Å²) in [6, 6.07) is 6.19. The van der Waals surface area contributed by atoms with Crippen LogP contribution in [0.2, 0.25) is 0 Å². The number of nitrogens with one attached hydrogen (secondary N) is 1. The van der Waals surface area contributed by atoms with Gasteiger partial charge in [0, 0.05) is 24.1 Å². The SMILES string of the molecule is CC(C)c1nc2ccc(C(=O)NCCCN(C)C3CCCCC3)cc2o1. The molecular weight excluding hydrogens is 326 g/mol. The zero-order chi connectivity index (χ0) is 18.5. The molecule has 1 saturated carbocycles. The van der Waals surface area contributed by atoms with Crippen LogP contribution in [0.3, 0.4) is 0 Å². The summed E-state index contributed by atoms with van der Waals surface area (Å²) in [6.07, 6.45) is 7.70. The van der Waals surface area contributed by atoms with Gasteiger partial charge in [-0.15, -0.1) is 0 Å². The zero-order valence-electron chi connectivity index (χ0n) is 16.3. The van der Waals surface area contributed by atoms with Crippen LogP contribution in [0.25, 0.3) is 11.1 Å². The van der Waals surface area contributed by atoms with Crippen LogP contribution in [0, 0.1) is 0 Å². The normalized spacial score (nSPS) is 15.9. The van der Waals surface area contributed by atoms with Crippen molar-refractivity contribution in [2.24, 2.45) is 0 Å². The van der Waals surface area contributed by atoms with Crippen LogP contribution < -0.4 is 5.32 Å². The van der Waals surface area contributed by atoms with E-state index >= 15 is 0 Å². The molecule has 1 heterocycles. The minimum Gasteiger partial charge on any atom is -0.440 e. The molecule has 1 aromatic heterocycles.